The van der Waals surface area contributed by atoms with Crippen LogP contribution in [0.3, 0.4) is 0 Å². The maximum absolute atomic E-state index is 9.88. The van der Waals surface area contributed by atoms with E-state index in [0.717, 1.165) is 18.3 Å². The number of carbonyl (C=O) groups is 1. The average Bonchev–Trinajstić information content (AvgIpc) is 2.81. The Bertz CT molecular complexity index is 253. The molecule has 1 aromatic rings. The van der Waals surface area contributed by atoms with Crippen LogP contribution in [0.25, 0.3) is 0 Å². The predicted molar refractivity (Wildman–Crippen MR) is 48.6 cm³/mol. The van der Waals surface area contributed by atoms with Gasteiger partial charge in [0.05, 0.1) is 6.29 Å². The van der Waals surface area contributed by atoms with E-state index in [1.54, 1.807) is 6.08 Å². The van der Waals surface area contributed by atoms with Crippen molar-refractivity contribution >= 4 is 6.29 Å². The Hall–Kier alpha value is -0.981. The van der Waals surface area contributed by atoms with Gasteiger partial charge in [-0.1, -0.05) is 6.42 Å². The Morgan fingerprint density at radius 3 is 2.31 bits per heavy atom. The first-order valence-corrected chi connectivity index (χ1v) is 3.82. The molecule has 1 aliphatic carbocycles. The van der Waals surface area contributed by atoms with Crippen molar-refractivity contribution < 1.29 is 21.9 Å². The Labute approximate surface area is 89.0 Å². The van der Waals surface area contributed by atoms with Crippen LogP contribution < -0.4 is 0 Å². The fourth-order valence-electron chi connectivity index (χ4n) is 0.805. The topological polar surface area (TPSA) is 17.1 Å². The molecule has 0 amide bonds. The van der Waals surface area contributed by atoms with Gasteiger partial charge >= 0.3 is 17.1 Å². The molecule has 0 fully saturated rings. The van der Waals surface area contributed by atoms with Crippen LogP contribution in [0.1, 0.15) is 6.42 Å². The fourth-order valence-corrected chi connectivity index (χ4v) is 0.805. The van der Waals surface area contributed by atoms with E-state index in [0.29, 0.717) is 0 Å². The summed E-state index contributed by atoms with van der Waals surface area (Å²) in [6.45, 7) is 0. The molecular weight excluding hydrogens is 204 g/mol. The van der Waals surface area contributed by atoms with Gasteiger partial charge in [0.15, 0.2) is 0 Å². The third-order valence-corrected chi connectivity index (χ3v) is 1.43. The van der Waals surface area contributed by atoms with E-state index >= 15 is 0 Å². The predicted octanol–water partition coefficient (Wildman–Crippen LogP) is 2.28. The molecule has 0 aliphatic heterocycles. The standard InChI is InChI=1S/C6H5O.C5H5.Fe/c7-5-6-3-1-2-4-6;1-2-4-5-3-1;/h1,4-5H,3H2;1-5H;/q2*-1;+2. The zero-order chi connectivity index (χ0) is 8.65. The third kappa shape index (κ3) is 5.29. The molecule has 0 aromatic heterocycles. The summed E-state index contributed by atoms with van der Waals surface area (Å²) in [6, 6.07) is 10.0. The first-order valence-electron chi connectivity index (χ1n) is 3.82. The fraction of sp³-hybridized carbons (Fsp3) is 0.0909. The molecular formula is C11H10FeO. The van der Waals surface area contributed by atoms with Gasteiger partial charge in [-0.25, -0.2) is 18.2 Å². The van der Waals surface area contributed by atoms with E-state index in [9.17, 15) is 4.79 Å². The number of rotatable bonds is 1. The molecule has 0 N–H and O–H groups in total. The molecule has 13 heavy (non-hydrogen) atoms. The van der Waals surface area contributed by atoms with E-state index in [-0.39, 0.29) is 17.1 Å². The molecule has 0 radical (unpaired) electrons. The average molecular weight is 214 g/mol. The van der Waals surface area contributed by atoms with Gasteiger partial charge in [0, 0.05) is 0 Å². The van der Waals surface area contributed by atoms with Crippen molar-refractivity contribution in [1.29, 1.82) is 0 Å². The van der Waals surface area contributed by atoms with Gasteiger partial charge in [0.1, 0.15) is 0 Å². The maximum atomic E-state index is 9.88. The summed E-state index contributed by atoms with van der Waals surface area (Å²) in [5.74, 6) is 0. The molecule has 68 valence electrons. The van der Waals surface area contributed by atoms with Crippen molar-refractivity contribution in [2.75, 3.05) is 0 Å². The first-order chi connectivity index (χ1) is 5.93. The minimum Gasteiger partial charge on any atom is -0.319 e. The second kappa shape index (κ2) is 7.66. The van der Waals surface area contributed by atoms with Crippen LogP contribution in [0.2, 0.25) is 0 Å². The van der Waals surface area contributed by atoms with Crippen LogP contribution in [0, 0.1) is 6.08 Å². The number of hydrogen-bond donors (Lipinski definition) is 0. The van der Waals surface area contributed by atoms with E-state index in [1.807, 2.05) is 36.4 Å². The van der Waals surface area contributed by atoms with Crippen molar-refractivity contribution in [1.82, 2.24) is 0 Å². The summed E-state index contributed by atoms with van der Waals surface area (Å²) in [5.41, 5.74) is 0.819. The van der Waals surface area contributed by atoms with Crippen LogP contribution in [-0.2, 0) is 21.9 Å². The summed E-state index contributed by atoms with van der Waals surface area (Å²) in [5, 5.41) is 0. The van der Waals surface area contributed by atoms with Gasteiger partial charge < -0.3 is 4.79 Å². The second-order valence-corrected chi connectivity index (χ2v) is 2.37. The maximum Gasteiger partial charge on any atom is 2.00 e. The molecule has 0 atom stereocenters. The quantitative estimate of drug-likeness (QED) is 0.398. The van der Waals surface area contributed by atoms with Crippen LogP contribution in [-0.4, -0.2) is 6.29 Å². The van der Waals surface area contributed by atoms with Crippen molar-refractivity contribution in [2.24, 2.45) is 0 Å². The molecule has 0 bridgehead atoms. The van der Waals surface area contributed by atoms with Gasteiger partial charge in [-0.05, 0) is 0 Å². The van der Waals surface area contributed by atoms with Gasteiger partial charge in [-0.3, -0.25) is 6.08 Å². The van der Waals surface area contributed by atoms with E-state index in [2.05, 4.69) is 6.08 Å². The van der Waals surface area contributed by atoms with E-state index in [1.165, 1.54) is 0 Å². The molecule has 0 spiro atoms. The van der Waals surface area contributed by atoms with Gasteiger partial charge in [-0.15, -0.1) is 0 Å². The number of allylic oxidation sites excluding steroid dienone is 4. The molecule has 0 saturated carbocycles. The molecule has 2 heteroatoms. The zero-order valence-electron chi connectivity index (χ0n) is 7.09. The molecule has 0 unspecified atom stereocenters. The van der Waals surface area contributed by atoms with E-state index < -0.39 is 0 Å². The summed E-state index contributed by atoms with van der Waals surface area (Å²) in [4.78, 5) is 9.88. The summed E-state index contributed by atoms with van der Waals surface area (Å²) < 4.78 is 0. The number of aldehydes is 1. The van der Waals surface area contributed by atoms with Crippen molar-refractivity contribution in [3.05, 3.63) is 54.1 Å². The zero-order valence-corrected chi connectivity index (χ0v) is 8.19. The molecule has 1 aromatic carbocycles. The first kappa shape index (κ1) is 12.0. The van der Waals surface area contributed by atoms with E-state index in [4.69, 9.17) is 0 Å². The summed E-state index contributed by atoms with van der Waals surface area (Å²) in [6.07, 6.45) is 7.97. The van der Waals surface area contributed by atoms with Crippen molar-refractivity contribution in [2.45, 2.75) is 6.42 Å². The largest absolute Gasteiger partial charge is 2.00 e. The van der Waals surface area contributed by atoms with Crippen LogP contribution in [0.5, 0.6) is 0 Å². The van der Waals surface area contributed by atoms with Gasteiger partial charge in [0.25, 0.3) is 0 Å². The second-order valence-electron chi connectivity index (χ2n) is 2.37. The molecule has 2 rings (SSSR count). The number of hydrogen-bond acceptors (Lipinski definition) is 1. The monoisotopic (exact) mass is 214 g/mol. The Balaban J connectivity index is 0.000000215. The normalized spacial score (nSPS) is 12.2. The number of carbonyl (C=O) groups excluding carboxylic acids is 1. The minimum absolute atomic E-state index is 0. The summed E-state index contributed by atoms with van der Waals surface area (Å²) in [7, 11) is 0. The molecule has 0 heterocycles. The summed E-state index contributed by atoms with van der Waals surface area (Å²) >= 11 is 0. The van der Waals surface area contributed by atoms with Crippen LogP contribution in [0.15, 0.2) is 48.1 Å². The molecule has 1 aliphatic rings. The Morgan fingerprint density at radius 1 is 1.38 bits per heavy atom. The Morgan fingerprint density at radius 2 is 2.08 bits per heavy atom. The minimum atomic E-state index is 0. The Kier molecular flexibility index (Phi) is 7.08. The smallest absolute Gasteiger partial charge is 0.319 e. The molecule has 0 saturated heterocycles. The molecule has 1 nitrogen and oxygen atoms in total. The SMILES string of the molecule is O=CC1=C[C-]=CC1.[Fe+2].c1cc[cH-]c1. The van der Waals surface area contributed by atoms with Crippen LogP contribution in [0.4, 0.5) is 0 Å². The third-order valence-electron chi connectivity index (χ3n) is 1.43. The van der Waals surface area contributed by atoms with Crippen molar-refractivity contribution in [3.8, 4) is 0 Å². The van der Waals surface area contributed by atoms with Crippen LogP contribution >= 0.6 is 0 Å². The van der Waals surface area contributed by atoms with Crippen molar-refractivity contribution in [3.63, 3.8) is 0 Å². The van der Waals surface area contributed by atoms with Gasteiger partial charge in [0.2, 0.25) is 0 Å². The van der Waals surface area contributed by atoms with Gasteiger partial charge in [-0.2, -0.15) is 29.8 Å².